The van der Waals surface area contributed by atoms with Gasteiger partial charge < -0.3 is 20.4 Å². The molecule has 0 atom stereocenters. The zero-order valence-corrected chi connectivity index (χ0v) is 20.0. The van der Waals surface area contributed by atoms with E-state index in [0.717, 1.165) is 36.4 Å². The summed E-state index contributed by atoms with van der Waals surface area (Å²) in [5.74, 6) is -6.55. The summed E-state index contributed by atoms with van der Waals surface area (Å²) in [5.41, 5.74) is -5.12. The van der Waals surface area contributed by atoms with Gasteiger partial charge in [0.25, 0.3) is 20.2 Å². The highest BCUT2D eigenvalue weighted by atomic mass is 32.2. The molecule has 0 saturated carbocycles. The molecule has 38 heavy (non-hydrogen) atoms. The van der Waals surface area contributed by atoms with E-state index >= 15 is 0 Å². The minimum Gasteiger partial charge on any atom is -0.478 e. The number of carboxylic acid groups (broad SMARTS) is 4. The van der Waals surface area contributed by atoms with Gasteiger partial charge in [0.1, 0.15) is 9.79 Å². The Bertz CT molecular complexity index is 1570. The van der Waals surface area contributed by atoms with Crippen LogP contribution in [0.2, 0.25) is 0 Å². The third-order valence-corrected chi connectivity index (χ3v) is 6.90. The lowest BCUT2D eigenvalue weighted by Gasteiger charge is -2.16. The second-order valence-electron chi connectivity index (χ2n) is 7.61. The molecule has 3 rings (SSSR count). The Balaban J connectivity index is 2.55. The Labute approximate surface area is 212 Å². The summed E-state index contributed by atoms with van der Waals surface area (Å²) in [6.45, 7) is 0. The van der Waals surface area contributed by atoms with E-state index in [0.29, 0.717) is 12.1 Å². The molecule has 0 saturated heterocycles. The van der Waals surface area contributed by atoms with E-state index in [-0.39, 0.29) is 0 Å². The maximum Gasteiger partial charge on any atom is 0.335 e. The Morgan fingerprint density at radius 2 is 0.684 bits per heavy atom. The zero-order valence-electron chi connectivity index (χ0n) is 18.4. The van der Waals surface area contributed by atoms with Crippen molar-refractivity contribution in [2.45, 2.75) is 9.79 Å². The molecule has 3 aromatic rings. The predicted octanol–water partition coefficient (Wildman–Crippen LogP) is 2.31. The summed E-state index contributed by atoms with van der Waals surface area (Å²) in [7, 11) is -10.6. The molecule has 0 amide bonds. The Morgan fingerprint density at radius 1 is 0.447 bits per heavy atom. The number of aromatic carboxylic acids is 4. The van der Waals surface area contributed by atoms with Crippen LogP contribution >= 0.6 is 0 Å². The molecule has 0 aliphatic heterocycles. The Hall–Kier alpha value is -4.64. The highest BCUT2D eigenvalue weighted by Gasteiger charge is 2.27. The van der Waals surface area contributed by atoms with Gasteiger partial charge in [0.15, 0.2) is 0 Å². The molecule has 0 spiro atoms. The molecule has 0 aliphatic carbocycles. The second kappa shape index (κ2) is 9.67. The number of rotatable bonds is 8. The van der Waals surface area contributed by atoms with Crippen molar-refractivity contribution in [2.24, 2.45) is 0 Å². The molecule has 16 heteroatoms. The van der Waals surface area contributed by atoms with Crippen LogP contribution in [0, 0.1) is 0 Å². The van der Waals surface area contributed by atoms with Gasteiger partial charge in [0.2, 0.25) is 0 Å². The highest BCUT2D eigenvalue weighted by molar-refractivity contribution is 7.86. The molecular formula is C22H14O14S2. The van der Waals surface area contributed by atoms with E-state index in [1.54, 1.807) is 0 Å². The molecule has 0 radical (unpaired) electrons. The number of hydrogen-bond acceptors (Lipinski definition) is 8. The zero-order chi connectivity index (χ0) is 28.7. The van der Waals surface area contributed by atoms with Gasteiger partial charge in [0.05, 0.1) is 22.3 Å². The second-order valence-corrected chi connectivity index (χ2v) is 10.4. The van der Waals surface area contributed by atoms with Gasteiger partial charge >= 0.3 is 23.9 Å². The monoisotopic (exact) mass is 566 g/mol. The van der Waals surface area contributed by atoms with Gasteiger partial charge in [-0.3, -0.25) is 9.11 Å². The van der Waals surface area contributed by atoms with E-state index in [1.165, 1.54) is 0 Å². The van der Waals surface area contributed by atoms with Crippen LogP contribution in [-0.2, 0) is 20.2 Å². The quantitative estimate of drug-likeness (QED) is 0.214. The van der Waals surface area contributed by atoms with Crippen molar-refractivity contribution < 1.29 is 65.5 Å². The normalized spacial score (nSPS) is 11.6. The van der Waals surface area contributed by atoms with Gasteiger partial charge in [-0.05, 0) is 59.7 Å². The van der Waals surface area contributed by atoms with Crippen molar-refractivity contribution >= 4 is 44.1 Å². The average molecular weight is 566 g/mol. The first-order valence-corrected chi connectivity index (χ1v) is 12.6. The third kappa shape index (κ3) is 5.68. The first kappa shape index (κ1) is 27.9. The topological polar surface area (TPSA) is 258 Å². The van der Waals surface area contributed by atoms with E-state index in [1.807, 2.05) is 0 Å². The number of benzene rings is 3. The predicted molar refractivity (Wildman–Crippen MR) is 125 cm³/mol. The van der Waals surface area contributed by atoms with Crippen molar-refractivity contribution in [3.63, 3.8) is 0 Å². The third-order valence-electron chi connectivity index (χ3n) is 5.11. The Morgan fingerprint density at radius 3 is 0.868 bits per heavy atom. The van der Waals surface area contributed by atoms with Crippen LogP contribution in [0.1, 0.15) is 41.4 Å². The minimum absolute atomic E-state index is 0.480. The smallest absolute Gasteiger partial charge is 0.335 e. The average Bonchev–Trinajstić information content (AvgIpc) is 2.81. The maximum absolute atomic E-state index is 12.3. The van der Waals surface area contributed by atoms with E-state index in [9.17, 15) is 65.5 Å². The first-order valence-electron chi connectivity index (χ1n) is 9.77. The lowest BCUT2D eigenvalue weighted by molar-refractivity contribution is 0.0676. The summed E-state index contributed by atoms with van der Waals surface area (Å²) in [6, 6.07) is 5.52. The van der Waals surface area contributed by atoms with Crippen LogP contribution in [0.15, 0.2) is 58.3 Å². The number of carboxylic acids is 4. The van der Waals surface area contributed by atoms with Crippen LogP contribution in [0.5, 0.6) is 0 Å². The molecule has 6 N–H and O–H groups in total. The fraction of sp³-hybridized carbons (Fsp3) is 0. The van der Waals surface area contributed by atoms with Crippen molar-refractivity contribution in [3.05, 3.63) is 70.8 Å². The molecule has 14 nitrogen and oxygen atoms in total. The molecule has 0 bridgehead atoms. The molecule has 0 aliphatic rings. The molecule has 0 fully saturated rings. The van der Waals surface area contributed by atoms with Crippen LogP contribution in [-0.4, -0.2) is 70.2 Å². The summed E-state index contributed by atoms with van der Waals surface area (Å²) in [4.78, 5) is 43.8. The summed E-state index contributed by atoms with van der Waals surface area (Å²) in [6.07, 6.45) is 0. The summed E-state index contributed by atoms with van der Waals surface area (Å²) in [5, 5.41) is 37.3. The van der Waals surface area contributed by atoms with Crippen LogP contribution in [0.3, 0.4) is 0 Å². The number of carbonyl (C=O) groups is 4. The maximum atomic E-state index is 12.3. The molecule has 0 unspecified atom stereocenters. The summed E-state index contributed by atoms with van der Waals surface area (Å²) >= 11 is 0. The fourth-order valence-electron chi connectivity index (χ4n) is 3.50. The van der Waals surface area contributed by atoms with Crippen molar-refractivity contribution in [2.75, 3.05) is 0 Å². The van der Waals surface area contributed by atoms with E-state index < -0.39 is 98.4 Å². The SMILES string of the molecule is O=C(O)c1cc(C(=O)O)cc(-c2cc(S(=O)(=O)O)c(-c3cc(C(=O)O)cc(C(=O)O)c3)cc2S(=O)(=O)O)c1. The molecule has 0 heterocycles. The fourth-order valence-corrected chi connectivity index (χ4v) is 4.94. The van der Waals surface area contributed by atoms with Gasteiger partial charge in [-0.2, -0.15) is 16.8 Å². The molecular weight excluding hydrogens is 552 g/mol. The summed E-state index contributed by atoms with van der Waals surface area (Å²) < 4.78 is 68.9. The first-order chi connectivity index (χ1) is 17.4. The minimum atomic E-state index is -5.30. The van der Waals surface area contributed by atoms with Crippen molar-refractivity contribution in [3.8, 4) is 22.3 Å². The largest absolute Gasteiger partial charge is 0.478 e. The van der Waals surface area contributed by atoms with Gasteiger partial charge in [-0.15, -0.1) is 0 Å². The Kier molecular flexibility index (Phi) is 7.11. The van der Waals surface area contributed by atoms with Crippen LogP contribution in [0.4, 0.5) is 0 Å². The number of hydrogen-bond donors (Lipinski definition) is 6. The van der Waals surface area contributed by atoms with Crippen molar-refractivity contribution in [1.82, 2.24) is 0 Å². The van der Waals surface area contributed by atoms with E-state index in [2.05, 4.69) is 0 Å². The van der Waals surface area contributed by atoms with Gasteiger partial charge in [-0.1, -0.05) is 0 Å². The van der Waals surface area contributed by atoms with Crippen LogP contribution in [0.25, 0.3) is 22.3 Å². The van der Waals surface area contributed by atoms with Gasteiger partial charge in [-0.25, -0.2) is 19.2 Å². The van der Waals surface area contributed by atoms with Gasteiger partial charge in [0, 0.05) is 11.1 Å². The lowest BCUT2D eigenvalue weighted by atomic mass is 9.95. The van der Waals surface area contributed by atoms with Crippen LogP contribution < -0.4 is 0 Å². The highest BCUT2D eigenvalue weighted by Crippen LogP contribution is 2.38. The molecule has 198 valence electrons. The lowest BCUT2D eigenvalue weighted by Crippen LogP contribution is -2.09. The van der Waals surface area contributed by atoms with E-state index in [4.69, 9.17) is 0 Å². The standard InChI is InChI=1S/C22H14O14S2/c23-19(24)11-1-9(2-12(5-11)20(25)26)15-7-18(38(34,35)36)16(8-17(15)37(31,32)33)10-3-13(21(27)28)6-14(4-10)22(29)30/h1-8H,(H,23,24)(H,25,26)(H,27,28)(H,29,30)(H,31,32,33)(H,34,35,36). The van der Waals surface area contributed by atoms with Crippen molar-refractivity contribution in [1.29, 1.82) is 0 Å². The molecule has 3 aromatic carbocycles. The molecule has 0 aromatic heterocycles.